The number of ketones is 1. The van der Waals surface area contributed by atoms with Crippen molar-refractivity contribution in [3.05, 3.63) is 16.8 Å². The van der Waals surface area contributed by atoms with Crippen molar-refractivity contribution in [2.75, 3.05) is 11.4 Å². The van der Waals surface area contributed by atoms with Crippen molar-refractivity contribution in [2.45, 2.75) is 46.1 Å². The lowest BCUT2D eigenvalue weighted by Gasteiger charge is -2.35. The second-order valence-corrected chi connectivity index (χ2v) is 5.04. The fraction of sp³-hybridized carbons (Fsp3) is 0.571. The van der Waals surface area contributed by atoms with Gasteiger partial charge in [-0.15, -0.1) is 5.10 Å². The molecule has 0 amide bonds. The van der Waals surface area contributed by atoms with Crippen LogP contribution < -0.4 is 4.90 Å². The summed E-state index contributed by atoms with van der Waals surface area (Å²) in [5, 5.41) is 17.6. The zero-order valence-electron chi connectivity index (χ0n) is 11.6. The number of aryl methyl sites for hydroxylation is 1. The zero-order chi connectivity index (χ0) is 14.0. The Kier molecular flexibility index (Phi) is 3.79. The molecule has 0 spiro atoms. The molecule has 0 radical (unpaired) electrons. The van der Waals surface area contributed by atoms with E-state index in [1.54, 1.807) is 6.92 Å². The summed E-state index contributed by atoms with van der Waals surface area (Å²) in [5.74, 6) is 0.689. The number of anilines is 1. The normalized spacial score (nSPS) is 19.1. The number of rotatable bonds is 2. The van der Waals surface area contributed by atoms with Crippen molar-refractivity contribution in [1.82, 2.24) is 10.2 Å². The van der Waals surface area contributed by atoms with Gasteiger partial charge in [-0.05, 0) is 45.6 Å². The molecule has 0 saturated carbocycles. The Morgan fingerprint density at radius 3 is 2.74 bits per heavy atom. The van der Waals surface area contributed by atoms with Crippen molar-refractivity contribution in [3.63, 3.8) is 0 Å². The van der Waals surface area contributed by atoms with Gasteiger partial charge in [0.1, 0.15) is 11.6 Å². The Bertz CT molecular complexity index is 547. The van der Waals surface area contributed by atoms with E-state index < -0.39 is 0 Å². The topological polar surface area (TPSA) is 69.9 Å². The summed E-state index contributed by atoms with van der Waals surface area (Å²) in [6.45, 7) is 6.07. The van der Waals surface area contributed by atoms with Crippen LogP contribution in [-0.2, 0) is 4.79 Å². The third kappa shape index (κ3) is 2.43. The molecule has 19 heavy (non-hydrogen) atoms. The predicted octanol–water partition coefficient (Wildman–Crippen LogP) is 1.91. The first-order valence-corrected chi connectivity index (χ1v) is 6.57. The van der Waals surface area contributed by atoms with Gasteiger partial charge in [-0.1, -0.05) is 0 Å². The molecule has 1 aliphatic rings. The number of Topliss-reactive ketones (excluding diaryl/α,β-unsaturated/α-hetero) is 1. The van der Waals surface area contributed by atoms with Gasteiger partial charge in [0.2, 0.25) is 0 Å². The minimum Gasteiger partial charge on any atom is -0.344 e. The Morgan fingerprint density at radius 2 is 2.11 bits per heavy atom. The molecule has 5 nitrogen and oxygen atoms in total. The average Bonchev–Trinajstić information content (AvgIpc) is 2.41. The molecule has 1 saturated heterocycles. The first kappa shape index (κ1) is 13.5. The van der Waals surface area contributed by atoms with Gasteiger partial charge in [-0.2, -0.15) is 10.4 Å². The van der Waals surface area contributed by atoms with Crippen LogP contribution in [0.5, 0.6) is 0 Å². The Labute approximate surface area is 113 Å². The summed E-state index contributed by atoms with van der Waals surface area (Å²) in [6, 6.07) is 2.04. The number of hydrogen-bond acceptors (Lipinski definition) is 5. The number of carbonyl (C=O) groups excluding carboxylic acids is 1. The average molecular weight is 258 g/mol. The summed E-state index contributed by atoms with van der Waals surface area (Å²) < 4.78 is 0. The molecule has 0 bridgehead atoms. The van der Waals surface area contributed by atoms with E-state index in [0.717, 1.165) is 37.1 Å². The van der Waals surface area contributed by atoms with Gasteiger partial charge < -0.3 is 4.90 Å². The first-order valence-electron chi connectivity index (χ1n) is 6.57. The highest BCUT2D eigenvalue weighted by atomic mass is 16.1. The summed E-state index contributed by atoms with van der Waals surface area (Å²) in [5.41, 5.74) is 2.15. The number of carbonyl (C=O) groups is 1. The van der Waals surface area contributed by atoms with E-state index in [0.29, 0.717) is 11.4 Å². The van der Waals surface area contributed by atoms with Crippen molar-refractivity contribution in [2.24, 2.45) is 0 Å². The third-order valence-corrected chi connectivity index (χ3v) is 3.79. The van der Waals surface area contributed by atoms with E-state index in [1.807, 2.05) is 18.7 Å². The molecule has 1 aliphatic heterocycles. The molecule has 0 N–H and O–H groups in total. The number of nitrogens with zero attached hydrogens (tertiary/aromatic N) is 4. The van der Waals surface area contributed by atoms with Crippen LogP contribution >= 0.6 is 0 Å². The van der Waals surface area contributed by atoms with Crippen LogP contribution in [0.3, 0.4) is 0 Å². The fourth-order valence-corrected chi connectivity index (χ4v) is 2.54. The fourth-order valence-electron chi connectivity index (χ4n) is 2.54. The lowest BCUT2D eigenvalue weighted by Crippen LogP contribution is -2.45. The summed E-state index contributed by atoms with van der Waals surface area (Å²) in [6.07, 6.45) is 2.89. The third-order valence-electron chi connectivity index (χ3n) is 3.79. The molecular formula is C14H18N4O. The van der Waals surface area contributed by atoms with Gasteiger partial charge in [0.25, 0.3) is 0 Å². The molecular weight excluding hydrogens is 240 g/mol. The molecule has 2 rings (SSSR count). The lowest BCUT2D eigenvalue weighted by molar-refractivity contribution is -0.118. The molecule has 1 unspecified atom stereocenters. The van der Waals surface area contributed by atoms with Crippen LogP contribution in [-0.4, -0.2) is 28.6 Å². The quantitative estimate of drug-likeness (QED) is 0.810. The number of nitriles is 1. The van der Waals surface area contributed by atoms with Gasteiger partial charge in [-0.25, -0.2) is 0 Å². The minimum atomic E-state index is -0.169. The lowest BCUT2D eigenvalue weighted by atomic mass is 9.98. The number of hydrogen-bond donors (Lipinski definition) is 0. The molecule has 1 fully saturated rings. The highest BCUT2D eigenvalue weighted by Crippen LogP contribution is 2.28. The van der Waals surface area contributed by atoms with Crippen molar-refractivity contribution in [3.8, 4) is 6.07 Å². The molecule has 2 heterocycles. The number of piperidine rings is 1. The maximum absolute atomic E-state index is 11.8. The van der Waals surface area contributed by atoms with Crippen LogP contribution in [0.4, 0.5) is 5.82 Å². The monoisotopic (exact) mass is 258 g/mol. The van der Waals surface area contributed by atoms with E-state index in [-0.39, 0.29) is 11.8 Å². The minimum absolute atomic E-state index is 0.128. The first-order chi connectivity index (χ1) is 9.06. The van der Waals surface area contributed by atoms with Crippen molar-refractivity contribution in [1.29, 1.82) is 5.26 Å². The summed E-state index contributed by atoms with van der Waals surface area (Å²) in [4.78, 5) is 13.7. The highest BCUT2D eigenvalue weighted by Gasteiger charge is 2.29. The van der Waals surface area contributed by atoms with E-state index in [2.05, 4.69) is 16.3 Å². The van der Waals surface area contributed by atoms with Crippen molar-refractivity contribution >= 4 is 11.6 Å². The maximum atomic E-state index is 11.8. The standard InChI is InChI=1S/C14H18N4O/c1-9-10(2)16-17-14(12(9)8-15)18-7-5-4-6-13(18)11(3)19/h13H,4-7H2,1-3H3. The van der Waals surface area contributed by atoms with Crippen LogP contribution in [0.1, 0.15) is 43.0 Å². The Balaban J connectivity index is 2.48. The van der Waals surface area contributed by atoms with Gasteiger partial charge >= 0.3 is 0 Å². The molecule has 1 aromatic heterocycles. The van der Waals surface area contributed by atoms with Gasteiger partial charge in [0.15, 0.2) is 11.6 Å². The smallest absolute Gasteiger partial charge is 0.170 e. The molecule has 5 heteroatoms. The van der Waals surface area contributed by atoms with Crippen LogP contribution in [0, 0.1) is 25.2 Å². The van der Waals surface area contributed by atoms with Crippen LogP contribution in [0.15, 0.2) is 0 Å². The summed E-state index contributed by atoms with van der Waals surface area (Å²) >= 11 is 0. The zero-order valence-corrected chi connectivity index (χ0v) is 11.6. The SMILES string of the molecule is CC(=O)C1CCCCN1c1nnc(C)c(C)c1C#N. The molecule has 1 atom stereocenters. The Morgan fingerprint density at radius 1 is 1.37 bits per heavy atom. The number of aromatic nitrogens is 2. The highest BCUT2D eigenvalue weighted by molar-refractivity contribution is 5.85. The van der Waals surface area contributed by atoms with E-state index in [9.17, 15) is 10.1 Å². The maximum Gasteiger partial charge on any atom is 0.170 e. The van der Waals surface area contributed by atoms with Crippen molar-refractivity contribution < 1.29 is 4.79 Å². The largest absolute Gasteiger partial charge is 0.344 e. The molecule has 1 aromatic rings. The second-order valence-electron chi connectivity index (χ2n) is 5.04. The van der Waals surface area contributed by atoms with E-state index >= 15 is 0 Å². The molecule has 100 valence electrons. The van der Waals surface area contributed by atoms with Crippen LogP contribution in [0.25, 0.3) is 0 Å². The van der Waals surface area contributed by atoms with E-state index in [1.165, 1.54) is 0 Å². The molecule has 0 aliphatic carbocycles. The summed E-state index contributed by atoms with van der Waals surface area (Å²) in [7, 11) is 0. The van der Waals surface area contributed by atoms with Gasteiger partial charge in [-0.3, -0.25) is 4.79 Å². The van der Waals surface area contributed by atoms with E-state index in [4.69, 9.17) is 0 Å². The predicted molar refractivity (Wildman–Crippen MR) is 71.9 cm³/mol. The second kappa shape index (κ2) is 5.35. The Hall–Kier alpha value is -1.96. The van der Waals surface area contributed by atoms with Gasteiger partial charge in [0, 0.05) is 6.54 Å². The van der Waals surface area contributed by atoms with Crippen LogP contribution in [0.2, 0.25) is 0 Å². The molecule has 0 aromatic carbocycles. The van der Waals surface area contributed by atoms with Gasteiger partial charge in [0.05, 0.1) is 11.7 Å².